The predicted octanol–water partition coefficient (Wildman–Crippen LogP) is 28.9. The molecule has 21 aromatic rings. The number of hydrogen-bond acceptors (Lipinski definition) is 3. The highest BCUT2D eigenvalue weighted by Gasteiger charge is 2.27. The number of rotatable bonds is 10. The van der Waals surface area contributed by atoms with E-state index in [9.17, 15) is 0 Å². The molecule has 0 fully saturated rings. The first-order chi connectivity index (χ1) is 70.2. The van der Waals surface area contributed by atoms with Crippen LogP contribution < -0.4 is 27.4 Å². The van der Waals surface area contributed by atoms with E-state index in [1.807, 2.05) is 222 Å². The summed E-state index contributed by atoms with van der Waals surface area (Å²) in [7, 11) is 11.8. The lowest BCUT2D eigenvalue weighted by Gasteiger charge is -2.12. The normalized spacial score (nSPS) is 13.3. The number of fused-ring (bicyclic) bond motifs is 9. The molecule has 9 nitrogen and oxygen atoms in total. The Morgan fingerprint density at radius 2 is 0.571 bits per heavy atom. The lowest BCUT2D eigenvalue weighted by Crippen LogP contribution is -2.31. The van der Waals surface area contributed by atoms with Gasteiger partial charge in [0.2, 0.25) is 34.2 Å². The maximum atomic E-state index is 7.97. The Kier molecular flexibility index (Phi) is 22.0. The molecule has 133 heavy (non-hydrogen) atoms. The second-order valence-corrected chi connectivity index (χ2v) is 34.9. The maximum absolute atomic E-state index is 7.97. The number of aryl methyl sites for hydroxylation is 19. The minimum Gasteiger partial charge on any atom is -0.455 e. The minimum atomic E-state index is -2.24. The van der Waals surface area contributed by atoms with Gasteiger partial charge in [0.15, 0.2) is 37.2 Å². The number of furan rings is 3. The topological polar surface area (TPSA) is 62.7 Å². The van der Waals surface area contributed by atoms with Crippen molar-refractivity contribution in [1.29, 1.82) is 0 Å². The fraction of sp³-hybridized carbons (Fsp3) is 0.177. The lowest BCUT2D eigenvalue weighted by atomic mass is 9.93. The van der Waals surface area contributed by atoms with E-state index in [4.69, 9.17) is 33.8 Å². The summed E-state index contributed by atoms with van der Waals surface area (Å²) in [6.45, 7) is 9.53. The number of nitrogens with zero attached hydrogens (tertiary/aromatic N) is 6. The van der Waals surface area contributed by atoms with Crippen LogP contribution in [0.15, 0.2) is 366 Å². The monoisotopic (exact) mass is 1760 g/mol. The first kappa shape index (κ1) is 73.7. The Hall–Kier alpha value is -15.1. The zero-order valence-electron chi connectivity index (χ0n) is 93.5. The Morgan fingerprint density at radius 3 is 0.977 bits per heavy atom. The van der Waals surface area contributed by atoms with Gasteiger partial charge in [0.05, 0.1) is 16.7 Å². The second-order valence-electron chi connectivity index (χ2n) is 34.9. The highest BCUT2D eigenvalue weighted by atomic mass is 16.3. The highest BCUT2D eigenvalue weighted by molar-refractivity contribution is 6.12. The molecule has 0 aliphatic rings. The van der Waals surface area contributed by atoms with Gasteiger partial charge in [0, 0.05) is 141 Å². The van der Waals surface area contributed by atoms with Gasteiger partial charge in [0.1, 0.15) is 75.8 Å². The van der Waals surface area contributed by atoms with Gasteiger partial charge in [-0.3, -0.25) is 0 Å². The van der Waals surface area contributed by atoms with E-state index >= 15 is 0 Å². The molecule has 0 aliphatic carbocycles. The van der Waals surface area contributed by atoms with Crippen molar-refractivity contribution in [2.24, 2.45) is 42.3 Å². The van der Waals surface area contributed by atoms with Crippen LogP contribution in [0.5, 0.6) is 0 Å². The van der Waals surface area contributed by atoms with Crippen LogP contribution in [0.4, 0.5) is 0 Å². The third kappa shape index (κ3) is 19.4. The molecule has 9 heteroatoms. The molecule has 0 unspecified atom stereocenters. The summed E-state index contributed by atoms with van der Waals surface area (Å²) in [5.74, 6) is 0.500. The van der Waals surface area contributed by atoms with Gasteiger partial charge in [-0.25, -0.2) is 27.4 Å². The average Bonchev–Trinajstić information content (AvgIpc) is 1.50. The van der Waals surface area contributed by atoms with E-state index in [2.05, 4.69) is 204 Å². The van der Waals surface area contributed by atoms with Crippen molar-refractivity contribution in [3.05, 3.63) is 431 Å². The predicted molar refractivity (Wildman–Crippen MR) is 552 cm³/mol. The van der Waals surface area contributed by atoms with Crippen LogP contribution in [-0.4, -0.2) is 0 Å². The summed E-state index contributed by atoms with van der Waals surface area (Å²) in [5, 5.41) is 7.06. The van der Waals surface area contributed by atoms with Crippen molar-refractivity contribution in [2.45, 2.75) is 109 Å². The van der Waals surface area contributed by atoms with Crippen LogP contribution >= 0.6 is 0 Å². The van der Waals surface area contributed by atoms with Crippen LogP contribution in [0.1, 0.15) is 118 Å². The Labute approximate surface area is 805 Å². The van der Waals surface area contributed by atoms with Crippen LogP contribution in [0.2, 0.25) is 0 Å². The van der Waals surface area contributed by atoms with E-state index in [-0.39, 0.29) is 5.56 Å². The van der Waals surface area contributed by atoms with Crippen molar-refractivity contribution >= 4 is 65.8 Å². The van der Waals surface area contributed by atoms with Gasteiger partial charge < -0.3 is 13.3 Å². The summed E-state index contributed by atoms with van der Waals surface area (Å²) in [4.78, 5) is 0. The summed E-state index contributed by atoms with van der Waals surface area (Å²) in [6, 6.07) is 104. The molecule has 0 saturated heterocycles. The summed E-state index contributed by atoms with van der Waals surface area (Å²) < 4.78 is 148. The fourth-order valence-electron chi connectivity index (χ4n) is 17.8. The molecular formula is C124H122N6O3+6. The van der Waals surface area contributed by atoms with Gasteiger partial charge in [-0.15, -0.1) is 0 Å². The maximum Gasteiger partial charge on any atom is 0.216 e. The van der Waals surface area contributed by atoms with E-state index in [0.717, 1.165) is 106 Å². The molecule has 12 aromatic carbocycles. The number of aromatic nitrogens is 6. The number of benzene rings is 12. The SMILES string of the molecule is Cc1ccc(-c2c(C)ccc3c2oc2ccccc23)[n+](C)c1.Cc1ccc2c(oc3ccccc32)c1-c1cc(C(C)C)cc[n+]1C.Cc1ccc2c(oc3ccccc32)c1-c1cccc[n+]1C.[2H]C([2H])([2H])c1c[n+](C)c(-c2cc(-c3ccccc3)c(C([2H])([2H])[2H])cc2C)cc1C.[2H]C([2H])([2H])c1cc(C)c(-c2cccc[n+]2C)cc1-c1ccccc1.[2H]C([2H])([2H])c1ccc(-c2cc(-c3ccccc3)c(C([2H])([2H])[2H])cc2C)[n+](C)c1. The van der Waals surface area contributed by atoms with E-state index in [1.165, 1.54) is 93.9 Å². The molecule has 0 spiro atoms. The fourth-order valence-corrected chi connectivity index (χ4v) is 17.8. The van der Waals surface area contributed by atoms with Crippen molar-refractivity contribution in [3.63, 3.8) is 0 Å². The summed E-state index contributed by atoms with van der Waals surface area (Å²) >= 11 is 0. The van der Waals surface area contributed by atoms with Gasteiger partial charge in [-0.2, -0.15) is 0 Å². The number of para-hydroxylation sites is 3. The lowest BCUT2D eigenvalue weighted by molar-refractivity contribution is -0.660. The average molecular weight is 1760 g/mol. The first-order valence-corrected chi connectivity index (χ1v) is 44.9. The second kappa shape index (κ2) is 39.7. The van der Waals surface area contributed by atoms with Crippen LogP contribution in [0, 0.1) is 89.6 Å². The third-order valence-electron chi connectivity index (χ3n) is 25.1. The van der Waals surface area contributed by atoms with Crippen LogP contribution in [-0.2, 0) is 42.3 Å². The van der Waals surface area contributed by atoms with Crippen molar-refractivity contribution < 1.29 is 61.2 Å². The van der Waals surface area contributed by atoms with Gasteiger partial charge in [0.25, 0.3) is 0 Å². The minimum absolute atomic E-state index is 0.263. The van der Waals surface area contributed by atoms with E-state index in [0.29, 0.717) is 44.9 Å². The molecule has 9 heterocycles. The van der Waals surface area contributed by atoms with Crippen LogP contribution in [0.3, 0.4) is 0 Å². The number of hydrogen-bond donors (Lipinski definition) is 0. The zero-order chi connectivity index (χ0) is 106. The van der Waals surface area contributed by atoms with Gasteiger partial charge in [-0.05, 0) is 251 Å². The van der Waals surface area contributed by atoms with E-state index in [1.54, 1.807) is 65.8 Å². The molecule has 0 N–H and O–H groups in total. The van der Waals surface area contributed by atoms with Crippen LogP contribution in [0.25, 0.3) is 167 Å². The molecule has 0 saturated carbocycles. The third-order valence-corrected chi connectivity index (χ3v) is 25.1. The first-order valence-electron chi connectivity index (χ1n) is 52.4. The molecule has 0 aliphatic heterocycles. The molecule has 0 atom stereocenters. The molecule has 0 bridgehead atoms. The Bertz CT molecular complexity index is 8530. The largest absolute Gasteiger partial charge is 0.455 e. The summed E-state index contributed by atoms with van der Waals surface area (Å²) in [5.41, 5.74) is 34.1. The Morgan fingerprint density at radius 1 is 0.226 bits per heavy atom. The van der Waals surface area contributed by atoms with Gasteiger partial charge >= 0.3 is 0 Å². The molecule has 660 valence electrons. The summed E-state index contributed by atoms with van der Waals surface area (Å²) in [6.07, 6.45) is 11.6. The van der Waals surface area contributed by atoms with Crippen molar-refractivity contribution in [2.75, 3.05) is 0 Å². The van der Waals surface area contributed by atoms with Gasteiger partial charge in [-0.1, -0.05) is 214 Å². The van der Waals surface area contributed by atoms with E-state index < -0.39 is 34.3 Å². The van der Waals surface area contributed by atoms with Crippen molar-refractivity contribution in [3.8, 4) is 101 Å². The zero-order valence-corrected chi connectivity index (χ0v) is 78.5. The standard InChI is InChI=1S/C22H22NO.C22H24N.C21H22N.C20H18NO.C20H20N.C19H16NO/c1-14(2)16-11-12-23(4)19(13-16)21-15(3)9-10-18-17-7-5-6-8-20(17)24-22(18)21;1-15-12-22(23(5)14-18(15)4)21-13-20(16(2)11-17(21)3)19-9-7-6-8-10-19;1-15-10-11-21(22(4)14-15)20-13-19(16(2)12-17(20)3)18-8-6-5-7-9-18;1-13-8-11-17(21(3)12-13)19-14(2)9-10-16-15-6-4-5-7-18(15)22-20(16)19;1-15-13-16(2)19(20-11-7-8-12-21(20)3)14-18(15)17-9-5-4-6-10-17;1-13-10-11-15-14-7-3-4-9-17(14)21-19(15)18(13)16-8-5-6-12-20(16)2/h5-14H,1-4H3;6-14H,1-5H3;5-14H,1-4H3;4-12H,1-3H3;4-14H,1-3H3;3-12H,1-2H3/q6*+1/i;2D3,4D3;1D3,2D3;;1D3;. The smallest absolute Gasteiger partial charge is 0.216 e. The molecule has 9 aromatic heterocycles. The van der Waals surface area contributed by atoms with Crippen molar-refractivity contribution in [1.82, 2.24) is 0 Å². The molecule has 0 amide bonds. The number of pyridine rings is 6. The Balaban J connectivity index is 0.000000127. The molecular weight excluding hydrogens is 1620 g/mol. The molecule has 0 radical (unpaired) electrons. The quantitative estimate of drug-likeness (QED) is 0.128. The molecule has 21 rings (SSSR count). The highest BCUT2D eigenvalue weighted by Crippen LogP contribution is 2.42.